The number of anilines is 1. The fourth-order valence-corrected chi connectivity index (χ4v) is 3.31. The van der Waals surface area contributed by atoms with Crippen molar-refractivity contribution in [2.75, 3.05) is 38.2 Å². The number of nitriles is 1. The smallest absolute Gasteiger partial charge is 0.279 e. The van der Waals surface area contributed by atoms with Crippen molar-refractivity contribution < 1.29 is 24.0 Å². The summed E-state index contributed by atoms with van der Waals surface area (Å²) in [7, 11) is 0. The Hall–Kier alpha value is -2.79. The van der Waals surface area contributed by atoms with E-state index in [2.05, 4.69) is 16.7 Å². The number of nitrogens with one attached hydrogen (secondary N) is 3. The predicted molar refractivity (Wildman–Crippen MR) is 102 cm³/mol. The highest BCUT2D eigenvalue weighted by molar-refractivity contribution is 5.92. The zero-order chi connectivity index (χ0) is 20.1. The first kappa shape index (κ1) is 20.0. The van der Waals surface area contributed by atoms with E-state index in [-0.39, 0.29) is 30.8 Å². The molecule has 2 amide bonds. The molecule has 1 aromatic carbocycles. The summed E-state index contributed by atoms with van der Waals surface area (Å²) in [5.74, 6) is 1.11. The topological polar surface area (TPSA) is 105 Å². The van der Waals surface area contributed by atoms with Gasteiger partial charge >= 0.3 is 0 Å². The summed E-state index contributed by atoms with van der Waals surface area (Å²) in [6, 6.07) is 7.48. The lowest BCUT2D eigenvalue weighted by molar-refractivity contribution is -0.881. The molecule has 150 valence electrons. The highest BCUT2D eigenvalue weighted by Crippen LogP contribution is 2.39. The third kappa shape index (κ3) is 4.93. The van der Waals surface area contributed by atoms with E-state index in [0.717, 1.165) is 17.7 Å². The molecule has 8 heteroatoms. The number of carbonyl (C=O) groups is 2. The van der Waals surface area contributed by atoms with Crippen molar-refractivity contribution in [1.29, 1.82) is 5.26 Å². The summed E-state index contributed by atoms with van der Waals surface area (Å²) < 4.78 is 11.0. The van der Waals surface area contributed by atoms with Crippen LogP contribution in [0.4, 0.5) is 5.69 Å². The number of hydrogen-bond acceptors (Lipinski definition) is 5. The van der Waals surface area contributed by atoms with E-state index < -0.39 is 5.54 Å². The van der Waals surface area contributed by atoms with Gasteiger partial charge in [0.15, 0.2) is 24.6 Å². The summed E-state index contributed by atoms with van der Waals surface area (Å²) in [6.07, 6.45) is 1.93. The van der Waals surface area contributed by atoms with Crippen molar-refractivity contribution in [3.05, 3.63) is 18.2 Å². The second-order valence-corrected chi connectivity index (χ2v) is 7.50. The van der Waals surface area contributed by atoms with Gasteiger partial charge in [0, 0.05) is 11.8 Å². The molecule has 28 heavy (non-hydrogen) atoms. The molecule has 1 aromatic rings. The Labute approximate surface area is 164 Å². The van der Waals surface area contributed by atoms with E-state index in [1.807, 2.05) is 6.92 Å². The number of nitrogens with zero attached hydrogens (tertiary/aromatic N) is 1. The Morgan fingerprint density at radius 1 is 1.21 bits per heavy atom. The summed E-state index contributed by atoms with van der Waals surface area (Å²) in [5.41, 5.74) is -0.191. The Balaban J connectivity index is 1.51. The lowest BCUT2D eigenvalue weighted by Gasteiger charge is -2.24. The van der Waals surface area contributed by atoms with Crippen LogP contribution in [0.2, 0.25) is 0 Å². The number of ether oxygens (including phenoxy) is 2. The maximum absolute atomic E-state index is 12.4. The van der Waals surface area contributed by atoms with Gasteiger partial charge in [0.25, 0.3) is 11.8 Å². The van der Waals surface area contributed by atoms with Crippen LogP contribution >= 0.6 is 0 Å². The molecule has 0 aromatic heterocycles. The molecule has 1 aliphatic carbocycles. The minimum Gasteiger partial charge on any atom is -0.486 e. The molecule has 2 atom stereocenters. The molecule has 1 heterocycles. The van der Waals surface area contributed by atoms with Crippen molar-refractivity contribution in [3.8, 4) is 17.6 Å². The molecule has 0 bridgehead atoms. The number of likely N-dealkylation sites (N-methyl/N-ethyl adjacent to an activating group) is 1. The van der Waals surface area contributed by atoms with E-state index in [4.69, 9.17) is 9.47 Å². The molecule has 1 aliphatic heterocycles. The SMILES string of the molecule is CC[NH+](CC(=O)Nc1ccc2c(c1)OCCO2)CC(=O)N[C@](C)(C#N)C1CC1. The Kier molecular flexibility index (Phi) is 6.05. The zero-order valence-electron chi connectivity index (χ0n) is 16.3. The largest absolute Gasteiger partial charge is 0.486 e. The Bertz CT molecular complexity index is 787. The van der Waals surface area contributed by atoms with Gasteiger partial charge < -0.3 is 25.0 Å². The average molecular weight is 387 g/mol. The van der Waals surface area contributed by atoms with Crippen molar-refractivity contribution in [3.63, 3.8) is 0 Å². The summed E-state index contributed by atoms with van der Waals surface area (Å²) >= 11 is 0. The second-order valence-electron chi connectivity index (χ2n) is 7.50. The first-order valence-electron chi connectivity index (χ1n) is 9.69. The van der Waals surface area contributed by atoms with Gasteiger partial charge in [0.2, 0.25) is 0 Å². The molecule has 3 N–H and O–H groups in total. The Morgan fingerprint density at radius 3 is 2.54 bits per heavy atom. The monoisotopic (exact) mass is 387 g/mol. The molecule has 3 rings (SSSR count). The van der Waals surface area contributed by atoms with Crippen LogP contribution in [-0.2, 0) is 9.59 Å². The summed E-state index contributed by atoms with van der Waals surface area (Å²) in [5, 5.41) is 15.1. The van der Waals surface area contributed by atoms with Crippen molar-refractivity contribution in [1.82, 2.24) is 5.32 Å². The van der Waals surface area contributed by atoms with Crippen molar-refractivity contribution in [2.24, 2.45) is 5.92 Å². The van der Waals surface area contributed by atoms with Gasteiger partial charge in [-0.15, -0.1) is 0 Å². The van der Waals surface area contributed by atoms with Gasteiger partial charge in [0.1, 0.15) is 18.8 Å². The molecule has 0 radical (unpaired) electrons. The van der Waals surface area contributed by atoms with Crippen molar-refractivity contribution >= 4 is 17.5 Å². The third-order valence-corrected chi connectivity index (χ3v) is 5.17. The second kappa shape index (κ2) is 8.48. The Morgan fingerprint density at radius 2 is 1.89 bits per heavy atom. The highest BCUT2D eigenvalue weighted by atomic mass is 16.6. The molecule has 0 saturated heterocycles. The summed E-state index contributed by atoms with van der Waals surface area (Å²) in [4.78, 5) is 25.6. The van der Waals surface area contributed by atoms with E-state index in [9.17, 15) is 14.9 Å². The minimum atomic E-state index is -0.816. The molecule has 1 fully saturated rings. The molecular formula is C20H27N4O4+. The van der Waals surface area contributed by atoms with Crippen LogP contribution in [0.5, 0.6) is 11.5 Å². The summed E-state index contributed by atoms with van der Waals surface area (Å²) in [6.45, 7) is 5.61. The van der Waals surface area contributed by atoms with Gasteiger partial charge in [-0.3, -0.25) is 9.59 Å². The van der Waals surface area contributed by atoms with Crippen LogP contribution in [0.3, 0.4) is 0 Å². The molecule has 1 unspecified atom stereocenters. The van der Waals surface area contributed by atoms with Gasteiger partial charge in [-0.2, -0.15) is 5.26 Å². The number of benzene rings is 1. The van der Waals surface area contributed by atoms with Crippen LogP contribution in [-0.4, -0.2) is 50.2 Å². The van der Waals surface area contributed by atoms with Gasteiger partial charge in [0.05, 0.1) is 12.6 Å². The van der Waals surface area contributed by atoms with Crippen LogP contribution in [0, 0.1) is 17.2 Å². The predicted octanol–water partition coefficient (Wildman–Crippen LogP) is 0.110. The molecule has 0 spiro atoms. The van der Waals surface area contributed by atoms with E-state index in [1.165, 1.54) is 0 Å². The van der Waals surface area contributed by atoms with E-state index in [0.29, 0.717) is 36.9 Å². The molecule has 2 aliphatic rings. The number of hydrogen-bond donors (Lipinski definition) is 3. The molecule has 8 nitrogen and oxygen atoms in total. The van der Waals surface area contributed by atoms with Crippen LogP contribution in [0.25, 0.3) is 0 Å². The van der Waals surface area contributed by atoms with E-state index in [1.54, 1.807) is 25.1 Å². The fourth-order valence-electron chi connectivity index (χ4n) is 3.31. The lowest BCUT2D eigenvalue weighted by atomic mass is 9.98. The number of carbonyl (C=O) groups excluding carboxylic acids is 2. The lowest BCUT2D eigenvalue weighted by Crippen LogP contribution is -3.14. The van der Waals surface area contributed by atoms with Crippen LogP contribution < -0.4 is 25.0 Å². The minimum absolute atomic E-state index is 0.148. The normalized spacial score (nSPS) is 18.3. The first-order chi connectivity index (χ1) is 13.4. The number of fused-ring (bicyclic) bond motifs is 1. The molecular weight excluding hydrogens is 360 g/mol. The van der Waals surface area contributed by atoms with Gasteiger partial charge in [-0.25, -0.2) is 0 Å². The quantitative estimate of drug-likeness (QED) is 0.587. The van der Waals surface area contributed by atoms with Crippen LogP contribution in [0.15, 0.2) is 18.2 Å². The van der Waals surface area contributed by atoms with Crippen LogP contribution in [0.1, 0.15) is 26.7 Å². The maximum atomic E-state index is 12.4. The third-order valence-electron chi connectivity index (χ3n) is 5.17. The number of quaternary nitrogens is 1. The highest BCUT2D eigenvalue weighted by Gasteiger charge is 2.43. The number of amides is 2. The van der Waals surface area contributed by atoms with Crippen molar-refractivity contribution in [2.45, 2.75) is 32.2 Å². The zero-order valence-corrected chi connectivity index (χ0v) is 16.3. The maximum Gasteiger partial charge on any atom is 0.279 e. The van der Waals surface area contributed by atoms with Gasteiger partial charge in [-0.1, -0.05) is 0 Å². The first-order valence-corrected chi connectivity index (χ1v) is 9.69. The van der Waals surface area contributed by atoms with Gasteiger partial charge in [-0.05, 0) is 44.7 Å². The molecule has 1 saturated carbocycles. The average Bonchev–Trinajstić information content (AvgIpc) is 3.53. The van der Waals surface area contributed by atoms with E-state index >= 15 is 0 Å². The number of rotatable bonds is 8. The fraction of sp³-hybridized carbons (Fsp3) is 0.550. The standard InChI is InChI=1S/C20H26N4O4/c1-3-24(12-19(26)23-20(2,13-21)14-4-5-14)11-18(25)22-15-6-7-16-17(10-15)28-9-8-27-16/h6-7,10,14H,3-5,8-9,11-12H2,1-2H3,(H,22,25)(H,23,26)/p+1/t20-/m1/s1.